The normalized spacial score (nSPS) is 15.6. The summed E-state index contributed by atoms with van der Waals surface area (Å²) >= 11 is 12.6. The van der Waals surface area contributed by atoms with Crippen LogP contribution in [0.2, 0.25) is 10.0 Å². The van der Waals surface area contributed by atoms with E-state index in [-0.39, 0.29) is 44.0 Å². The molecule has 1 aliphatic carbocycles. The van der Waals surface area contributed by atoms with E-state index in [4.69, 9.17) is 27.9 Å². The van der Waals surface area contributed by atoms with Gasteiger partial charge in [0.1, 0.15) is 5.75 Å². The summed E-state index contributed by atoms with van der Waals surface area (Å²) in [5, 5.41) is 8.25. The highest BCUT2D eigenvalue weighted by Gasteiger charge is 2.36. The fourth-order valence-electron chi connectivity index (χ4n) is 4.27. The third-order valence-electron chi connectivity index (χ3n) is 6.20. The Bertz CT molecular complexity index is 1220. The molecule has 0 saturated heterocycles. The summed E-state index contributed by atoms with van der Waals surface area (Å²) in [7, 11) is 0. The van der Waals surface area contributed by atoms with Crippen molar-refractivity contribution < 1.29 is 22.7 Å². The molecule has 1 aliphatic rings. The molecule has 10 heteroatoms. The number of carbonyl (C=O) groups excluding carboxylic acids is 1. The largest absolute Gasteiger partial charge is 0.493 e. The van der Waals surface area contributed by atoms with Crippen LogP contribution in [0.4, 0.5) is 13.2 Å². The zero-order valence-electron chi connectivity index (χ0n) is 19.7. The second-order valence-corrected chi connectivity index (χ2v) is 9.69. The van der Waals surface area contributed by atoms with Crippen molar-refractivity contribution in [2.75, 3.05) is 13.3 Å². The number of halogens is 5. The van der Waals surface area contributed by atoms with Crippen molar-refractivity contribution in [2.45, 2.75) is 51.0 Å². The van der Waals surface area contributed by atoms with Crippen LogP contribution in [-0.2, 0) is 0 Å². The van der Waals surface area contributed by atoms with Crippen LogP contribution in [0.25, 0.3) is 16.9 Å². The Hall–Kier alpha value is -2.71. The molecule has 1 fully saturated rings. The Labute approximate surface area is 217 Å². The Kier molecular flexibility index (Phi) is 8.15. The zero-order chi connectivity index (χ0) is 25.9. The summed E-state index contributed by atoms with van der Waals surface area (Å²) in [5.74, 6) is -2.52. The minimum absolute atomic E-state index is 0.177. The van der Waals surface area contributed by atoms with E-state index in [1.165, 1.54) is 0 Å². The van der Waals surface area contributed by atoms with Gasteiger partial charge >= 0.3 is 0 Å². The Morgan fingerprint density at radius 2 is 1.86 bits per heavy atom. The number of hydrogen-bond acceptors (Lipinski definition) is 3. The Morgan fingerprint density at radius 1 is 1.17 bits per heavy atom. The van der Waals surface area contributed by atoms with Crippen molar-refractivity contribution in [2.24, 2.45) is 0 Å². The minimum Gasteiger partial charge on any atom is -0.493 e. The van der Waals surface area contributed by atoms with E-state index in [1.54, 1.807) is 41.9 Å². The van der Waals surface area contributed by atoms with Gasteiger partial charge in [0.2, 0.25) is 5.92 Å². The molecule has 0 atom stereocenters. The van der Waals surface area contributed by atoms with Crippen molar-refractivity contribution >= 4 is 29.1 Å². The average molecular weight is 540 g/mol. The first-order chi connectivity index (χ1) is 17.2. The number of ether oxygens (including phenoxy) is 1. The van der Waals surface area contributed by atoms with E-state index in [1.807, 2.05) is 12.1 Å². The molecule has 1 amide bonds. The fourth-order valence-corrected chi connectivity index (χ4v) is 4.76. The summed E-state index contributed by atoms with van der Waals surface area (Å²) in [5.41, 5.74) is 2.69. The first-order valence-electron chi connectivity index (χ1n) is 11.7. The second-order valence-electron chi connectivity index (χ2n) is 8.85. The van der Waals surface area contributed by atoms with Crippen molar-refractivity contribution in [3.05, 3.63) is 63.8 Å². The number of nitrogens with one attached hydrogen (secondary N) is 1. The third-order valence-corrected chi connectivity index (χ3v) is 6.74. The van der Waals surface area contributed by atoms with Crippen LogP contribution >= 0.6 is 23.2 Å². The number of benzene rings is 2. The molecule has 4 rings (SSSR count). The molecule has 0 bridgehead atoms. The average Bonchev–Trinajstić information content (AvgIpc) is 3.18. The maximum absolute atomic E-state index is 13.5. The molecule has 1 aromatic heterocycles. The van der Waals surface area contributed by atoms with Crippen LogP contribution in [0.3, 0.4) is 0 Å². The van der Waals surface area contributed by atoms with Crippen molar-refractivity contribution in [3.8, 4) is 22.7 Å². The number of carbonyl (C=O) groups is 1. The van der Waals surface area contributed by atoms with E-state index in [0.717, 1.165) is 5.56 Å². The Morgan fingerprint density at radius 3 is 2.50 bits per heavy atom. The number of hydrogen-bond donors (Lipinski definition) is 1. The lowest BCUT2D eigenvalue weighted by Gasteiger charge is -2.28. The van der Waals surface area contributed by atoms with Crippen LogP contribution in [0.5, 0.6) is 5.75 Å². The van der Waals surface area contributed by atoms with Crippen LogP contribution in [0.1, 0.15) is 48.2 Å². The molecular formula is C26H26Cl2F3N3O2. The van der Waals surface area contributed by atoms with Gasteiger partial charge in [-0.25, -0.2) is 13.5 Å². The highest BCUT2D eigenvalue weighted by atomic mass is 35.5. The lowest BCUT2D eigenvalue weighted by molar-refractivity contribution is -0.0399. The van der Waals surface area contributed by atoms with E-state index in [0.29, 0.717) is 39.2 Å². The lowest BCUT2D eigenvalue weighted by atomic mass is 9.92. The lowest BCUT2D eigenvalue weighted by Crippen LogP contribution is -2.40. The molecule has 36 heavy (non-hydrogen) atoms. The third kappa shape index (κ3) is 5.98. The van der Waals surface area contributed by atoms with Gasteiger partial charge in [-0.15, -0.1) is 0 Å². The zero-order valence-corrected chi connectivity index (χ0v) is 21.2. The van der Waals surface area contributed by atoms with E-state index < -0.39 is 18.5 Å². The molecule has 3 aromatic rings. The molecule has 192 valence electrons. The molecule has 0 radical (unpaired) electrons. The van der Waals surface area contributed by atoms with Gasteiger partial charge < -0.3 is 10.1 Å². The number of rotatable bonds is 8. The first kappa shape index (κ1) is 26.4. The molecule has 1 N–H and O–H groups in total. The number of alkyl halides is 3. The van der Waals surface area contributed by atoms with E-state index in [2.05, 4.69) is 10.4 Å². The topological polar surface area (TPSA) is 56.2 Å². The molecule has 0 aliphatic heterocycles. The first-order valence-corrected chi connectivity index (χ1v) is 12.5. The smallest absolute Gasteiger partial charge is 0.272 e. The summed E-state index contributed by atoms with van der Waals surface area (Å²) < 4.78 is 46.6. The minimum atomic E-state index is -2.68. The monoisotopic (exact) mass is 539 g/mol. The van der Waals surface area contributed by atoms with Gasteiger partial charge in [0.25, 0.3) is 5.91 Å². The maximum Gasteiger partial charge on any atom is 0.272 e. The molecule has 2 aromatic carbocycles. The Balaban J connectivity index is 1.68. The van der Waals surface area contributed by atoms with Crippen molar-refractivity contribution in [1.29, 1.82) is 0 Å². The van der Waals surface area contributed by atoms with Gasteiger partial charge in [-0.3, -0.25) is 9.18 Å². The van der Waals surface area contributed by atoms with Gasteiger partial charge in [0.05, 0.1) is 29.7 Å². The summed E-state index contributed by atoms with van der Waals surface area (Å²) in [4.78, 5) is 13.2. The number of aromatic nitrogens is 2. The predicted octanol–water partition coefficient (Wildman–Crippen LogP) is 7.20. The fraction of sp³-hybridized carbons (Fsp3) is 0.385. The van der Waals surface area contributed by atoms with Gasteiger partial charge in [0, 0.05) is 41.5 Å². The van der Waals surface area contributed by atoms with Crippen LogP contribution in [0.15, 0.2) is 42.5 Å². The second kappa shape index (κ2) is 11.1. The van der Waals surface area contributed by atoms with Crippen LogP contribution in [-0.4, -0.2) is 40.9 Å². The summed E-state index contributed by atoms with van der Waals surface area (Å²) in [6.45, 7) is 1.59. The molecule has 1 saturated carbocycles. The SMILES string of the molecule is Cc1c(C(=O)NC2CCC(F)(F)CC2)nn(-c2ccc(Cl)cc2Cl)c1-c1ccc(OCCCF)cc1. The molecule has 5 nitrogen and oxygen atoms in total. The maximum atomic E-state index is 13.5. The van der Waals surface area contributed by atoms with Gasteiger partial charge in [0.15, 0.2) is 5.69 Å². The standard InChI is InChI=1S/C26H26Cl2F3N3O2/c1-16-23(25(35)32-19-9-11-26(30,31)12-10-19)33-34(22-8-5-18(27)15-21(22)28)24(16)17-3-6-20(7-4-17)36-14-2-13-29/h3-8,15,19H,2,9-14H2,1H3,(H,32,35). The molecular weight excluding hydrogens is 514 g/mol. The van der Waals surface area contributed by atoms with Crippen LogP contribution in [0, 0.1) is 6.92 Å². The summed E-state index contributed by atoms with van der Waals surface area (Å²) in [6, 6.07) is 11.8. The highest BCUT2D eigenvalue weighted by molar-refractivity contribution is 6.35. The number of amides is 1. The molecule has 0 unspecified atom stereocenters. The van der Waals surface area contributed by atoms with E-state index >= 15 is 0 Å². The molecule has 1 heterocycles. The van der Waals surface area contributed by atoms with Crippen molar-refractivity contribution in [1.82, 2.24) is 15.1 Å². The predicted molar refractivity (Wildman–Crippen MR) is 135 cm³/mol. The van der Waals surface area contributed by atoms with Crippen molar-refractivity contribution in [3.63, 3.8) is 0 Å². The van der Waals surface area contributed by atoms with Crippen LogP contribution < -0.4 is 10.1 Å². The molecule has 0 spiro atoms. The van der Waals surface area contributed by atoms with E-state index in [9.17, 15) is 18.0 Å². The number of nitrogens with zero attached hydrogens (tertiary/aromatic N) is 2. The van der Waals surface area contributed by atoms with Gasteiger partial charge in [-0.05, 0) is 62.2 Å². The highest BCUT2D eigenvalue weighted by Crippen LogP contribution is 2.35. The summed E-state index contributed by atoms with van der Waals surface area (Å²) in [6.07, 6.45) is 0.212. The van der Waals surface area contributed by atoms with Gasteiger partial charge in [-0.2, -0.15) is 5.10 Å². The quantitative estimate of drug-likeness (QED) is 0.308. The van der Waals surface area contributed by atoms with Gasteiger partial charge in [-0.1, -0.05) is 23.2 Å².